The van der Waals surface area contributed by atoms with Crippen molar-refractivity contribution in [1.29, 1.82) is 0 Å². The van der Waals surface area contributed by atoms with Gasteiger partial charge >= 0.3 is 12.0 Å². The molecule has 2 N–H and O–H groups in total. The summed E-state index contributed by atoms with van der Waals surface area (Å²) in [6.07, 6.45) is 2.21. The molecule has 0 aromatic heterocycles. The van der Waals surface area contributed by atoms with E-state index in [0.29, 0.717) is 25.4 Å². The van der Waals surface area contributed by atoms with E-state index in [9.17, 15) is 9.59 Å². The van der Waals surface area contributed by atoms with Crippen LogP contribution in [0.25, 0.3) is 0 Å². The molecule has 0 radical (unpaired) electrons. The first-order valence-electron chi connectivity index (χ1n) is 6.35. The highest BCUT2D eigenvalue weighted by molar-refractivity contribution is 5.82. The fourth-order valence-electron chi connectivity index (χ4n) is 2.12. The number of methoxy groups -OCH3 is 1. The summed E-state index contributed by atoms with van der Waals surface area (Å²) in [5.41, 5.74) is 0. The van der Waals surface area contributed by atoms with E-state index in [1.165, 1.54) is 0 Å². The van der Waals surface area contributed by atoms with Crippen molar-refractivity contribution in [2.45, 2.75) is 32.2 Å². The lowest BCUT2D eigenvalue weighted by Gasteiger charge is -2.32. The predicted octanol–water partition coefficient (Wildman–Crippen LogP) is 0.918. The maximum Gasteiger partial charge on any atom is 0.326 e. The minimum atomic E-state index is -0.986. The van der Waals surface area contributed by atoms with Gasteiger partial charge in [0.2, 0.25) is 0 Å². The second-order valence-electron chi connectivity index (χ2n) is 4.63. The molecule has 1 rings (SSSR count). The van der Waals surface area contributed by atoms with Crippen LogP contribution in [0.3, 0.4) is 0 Å². The molecule has 0 unspecified atom stereocenters. The number of piperidine rings is 1. The molecule has 0 saturated carbocycles. The van der Waals surface area contributed by atoms with E-state index >= 15 is 0 Å². The van der Waals surface area contributed by atoms with Crippen LogP contribution in [0.4, 0.5) is 4.79 Å². The fraction of sp³-hybridized carbons (Fsp3) is 0.833. The average molecular weight is 258 g/mol. The van der Waals surface area contributed by atoms with Crippen molar-refractivity contribution >= 4 is 12.0 Å². The van der Waals surface area contributed by atoms with Crippen molar-refractivity contribution in [2.24, 2.45) is 5.92 Å². The van der Waals surface area contributed by atoms with Gasteiger partial charge in [-0.3, -0.25) is 0 Å². The van der Waals surface area contributed by atoms with Crippen molar-refractivity contribution in [3.8, 4) is 0 Å². The van der Waals surface area contributed by atoms with Crippen LogP contribution in [0.15, 0.2) is 0 Å². The van der Waals surface area contributed by atoms with Gasteiger partial charge in [-0.25, -0.2) is 9.59 Å². The smallest absolute Gasteiger partial charge is 0.326 e. The van der Waals surface area contributed by atoms with Gasteiger partial charge in [-0.1, -0.05) is 6.92 Å². The van der Waals surface area contributed by atoms with Crippen molar-refractivity contribution in [1.82, 2.24) is 10.2 Å². The number of likely N-dealkylation sites (tertiary alicyclic amines) is 1. The number of carboxylic acids is 1. The molecule has 6 heteroatoms. The highest BCUT2D eigenvalue weighted by atomic mass is 16.5. The zero-order valence-corrected chi connectivity index (χ0v) is 11.0. The van der Waals surface area contributed by atoms with Crippen LogP contribution < -0.4 is 5.32 Å². The third-order valence-corrected chi connectivity index (χ3v) is 3.31. The van der Waals surface area contributed by atoms with E-state index in [1.54, 1.807) is 18.9 Å². The number of rotatable bonds is 5. The number of amides is 2. The second kappa shape index (κ2) is 7.20. The molecule has 1 fully saturated rings. The molecule has 2 amide bonds. The standard InChI is InChI=1S/C12H22N2O4/c1-3-10(11(15)16)13-12(17)14-6-4-9(5-7-14)8-18-2/h9-10H,3-8H2,1-2H3,(H,13,17)(H,15,16)/t10-/m0/s1. The molecule has 0 spiro atoms. The summed E-state index contributed by atoms with van der Waals surface area (Å²) in [4.78, 5) is 24.4. The van der Waals surface area contributed by atoms with E-state index in [-0.39, 0.29) is 6.03 Å². The van der Waals surface area contributed by atoms with E-state index in [0.717, 1.165) is 19.4 Å². The lowest BCUT2D eigenvalue weighted by atomic mass is 9.98. The first kappa shape index (κ1) is 14.8. The Labute approximate surface area is 107 Å². The number of carboxylic acid groups (broad SMARTS) is 1. The largest absolute Gasteiger partial charge is 0.480 e. The molecule has 0 aromatic carbocycles. The van der Waals surface area contributed by atoms with E-state index in [1.807, 2.05) is 0 Å². The molecule has 0 aromatic rings. The van der Waals surface area contributed by atoms with E-state index in [4.69, 9.17) is 9.84 Å². The third kappa shape index (κ3) is 4.18. The fourth-order valence-corrected chi connectivity index (χ4v) is 2.12. The number of urea groups is 1. The van der Waals surface area contributed by atoms with Gasteiger partial charge in [0.15, 0.2) is 0 Å². The van der Waals surface area contributed by atoms with Crippen LogP contribution in [-0.2, 0) is 9.53 Å². The van der Waals surface area contributed by atoms with Gasteiger partial charge in [-0.15, -0.1) is 0 Å². The normalized spacial score (nSPS) is 18.4. The number of ether oxygens (including phenoxy) is 1. The van der Waals surface area contributed by atoms with Crippen LogP contribution in [0.5, 0.6) is 0 Å². The minimum absolute atomic E-state index is 0.278. The Bertz CT molecular complexity index is 288. The topological polar surface area (TPSA) is 78.9 Å². The number of hydrogen-bond donors (Lipinski definition) is 2. The van der Waals surface area contributed by atoms with Crippen LogP contribution in [0.2, 0.25) is 0 Å². The van der Waals surface area contributed by atoms with Gasteiger partial charge in [0, 0.05) is 26.8 Å². The second-order valence-corrected chi connectivity index (χ2v) is 4.63. The molecule has 18 heavy (non-hydrogen) atoms. The van der Waals surface area contributed by atoms with E-state index < -0.39 is 12.0 Å². The Morgan fingerprint density at radius 3 is 2.50 bits per heavy atom. The molecule has 104 valence electrons. The molecule has 6 nitrogen and oxygen atoms in total. The molecule has 1 aliphatic heterocycles. The lowest BCUT2D eigenvalue weighted by Crippen LogP contribution is -2.50. The van der Waals surface area contributed by atoms with Crippen LogP contribution >= 0.6 is 0 Å². The monoisotopic (exact) mass is 258 g/mol. The van der Waals surface area contributed by atoms with Gasteiger partial charge in [0.1, 0.15) is 6.04 Å². The zero-order chi connectivity index (χ0) is 13.5. The Hall–Kier alpha value is -1.30. The van der Waals surface area contributed by atoms with Gasteiger partial charge < -0.3 is 20.1 Å². The van der Waals surface area contributed by atoms with Crippen molar-refractivity contribution < 1.29 is 19.4 Å². The zero-order valence-electron chi connectivity index (χ0n) is 11.0. The molecule has 0 bridgehead atoms. The summed E-state index contributed by atoms with van der Waals surface area (Å²) in [5, 5.41) is 11.4. The first-order valence-corrected chi connectivity index (χ1v) is 6.35. The summed E-state index contributed by atoms with van der Waals surface area (Å²) >= 11 is 0. The van der Waals surface area contributed by atoms with Gasteiger partial charge in [-0.2, -0.15) is 0 Å². The maximum absolute atomic E-state index is 11.9. The Morgan fingerprint density at radius 1 is 1.44 bits per heavy atom. The number of hydrogen-bond acceptors (Lipinski definition) is 3. The Kier molecular flexibility index (Phi) is 5.91. The minimum Gasteiger partial charge on any atom is -0.480 e. The van der Waals surface area contributed by atoms with Crippen LogP contribution in [-0.4, -0.2) is 54.9 Å². The number of nitrogens with zero attached hydrogens (tertiary/aromatic N) is 1. The summed E-state index contributed by atoms with van der Waals surface area (Å²) < 4.78 is 5.09. The summed E-state index contributed by atoms with van der Waals surface area (Å²) in [6.45, 7) is 3.79. The van der Waals surface area contributed by atoms with E-state index in [2.05, 4.69) is 5.32 Å². The van der Waals surface area contributed by atoms with Crippen LogP contribution in [0.1, 0.15) is 26.2 Å². The van der Waals surface area contributed by atoms with Gasteiger partial charge in [0.05, 0.1) is 0 Å². The third-order valence-electron chi connectivity index (χ3n) is 3.31. The Morgan fingerprint density at radius 2 is 2.06 bits per heavy atom. The van der Waals surface area contributed by atoms with Gasteiger partial charge in [0.25, 0.3) is 0 Å². The van der Waals surface area contributed by atoms with Crippen molar-refractivity contribution in [3.63, 3.8) is 0 Å². The maximum atomic E-state index is 11.9. The molecular formula is C12H22N2O4. The average Bonchev–Trinajstić information content (AvgIpc) is 2.36. The predicted molar refractivity (Wildman–Crippen MR) is 66.4 cm³/mol. The molecule has 1 heterocycles. The molecule has 1 aliphatic rings. The summed E-state index contributed by atoms with van der Waals surface area (Å²) in [6, 6.07) is -1.07. The molecule has 1 atom stereocenters. The highest BCUT2D eigenvalue weighted by Gasteiger charge is 2.25. The highest BCUT2D eigenvalue weighted by Crippen LogP contribution is 2.17. The quantitative estimate of drug-likeness (QED) is 0.768. The number of carbonyl (C=O) groups excluding carboxylic acids is 1. The number of carbonyl (C=O) groups is 2. The molecule has 0 aliphatic carbocycles. The number of aliphatic carboxylic acids is 1. The molecular weight excluding hydrogens is 236 g/mol. The lowest BCUT2D eigenvalue weighted by molar-refractivity contribution is -0.139. The summed E-state index contributed by atoms with van der Waals surface area (Å²) in [5.74, 6) is -0.486. The first-order chi connectivity index (χ1) is 8.58. The number of nitrogens with one attached hydrogen (secondary N) is 1. The van der Waals surface area contributed by atoms with Crippen molar-refractivity contribution in [3.05, 3.63) is 0 Å². The molecule has 1 saturated heterocycles. The van der Waals surface area contributed by atoms with Crippen LogP contribution in [0, 0.1) is 5.92 Å². The van der Waals surface area contributed by atoms with Gasteiger partial charge in [-0.05, 0) is 25.2 Å². The van der Waals surface area contributed by atoms with Crippen molar-refractivity contribution in [2.75, 3.05) is 26.8 Å². The Balaban J connectivity index is 2.38. The SMILES string of the molecule is CC[C@H](NC(=O)N1CCC(COC)CC1)C(=O)O. The summed E-state index contributed by atoms with van der Waals surface area (Å²) in [7, 11) is 1.68.